The van der Waals surface area contributed by atoms with Crippen molar-refractivity contribution in [1.29, 1.82) is 0 Å². The quantitative estimate of drug-likeness (QED) is 0.307. The van der Waals surface area contributed by atoms with E-state index in [1.807, 2.05) is 0 Å². The molecule has 4 heterocycles. The van der Waals surface area contributed by atoms with Crippen molar-refractivity contribution in [1.82, 2.24) is 24.5 Å². The fourth-order valence-corrected chi connectivity index (χ4v) is 4.46. The highest BCUT2D eigenvalue weighted by molar-refractivity contribution is 6.00. The minimum atomic E-state index is -4.56. The topological polar surface area (TPSA) is 80.0 Å². The summed E-state index contributed by atoms with van der Waals surface area (Å²) in [6, 6.07) is 9.69. The second kappa shape index (κ2) is 9.92. The summed E-state index contributed by atoms with van der Waals surface area (Å²) in [5, 5.41) is 0. The minimum Gasteiger partial charge on any atom is -0.350 e. The van der Waals surface area contributed by atoms with Gasteiger partial charge in [0.1, 0.15) is 24.0 Å². The molecule has 208 valence electrons. The second-order valence-electron chi connectivity index (χ2n) is 9.30. The van der Waals surface area contributed by atoms with Gasteiger partial charge in [-0.3, -0.25) is 9.69 Å². The Kier molecular flexibility index (Phi) is 6.72. The van der Waals surface area contributed by atoms with Crippen LogP contribution in [0.2, 0.25) is 0 Å². The molecule has 5 rings (SSSR count). The summed E-state index contributed by atoms with van der Waals surface area (Å²) in [6.07, 6.45) is -5.21. The lowest BCUT2D eigenvalue weighted by atomic mass is 10.1. The number of nitrogens with zero attached hydrogens (tertiary/aromatic N) is 7. The molecule has 0 saturated heterocycles. The number of alkyl halides is 6. The number of aromatic nitrogens is 5. The van der Waals surface area contributed by atoms with E-state index in [1.165, 1.54) is 36.0 Å². The molecule has 1 amide bonds. The van der Waals surface area contributed by atoms with E-state index in [1.54, 1.807) is 36.4 Å². The van der Waals surface area contributed by atoms with E-state index in [4.69, 9.17) is 0 Å². The third kappa shape index (κ3) is 5.46. The molecule has 3 aromatic heterocycles. The van der Waals surface area contributed by atoms with Crippen LogP contribution in [0.3, 0.4) is 0 Å². The molecule has 0 aliphatic carbocycles. The van der Waals surface area contributed by atoms with E-state index in [9.17, 15) is 31.1 Å². The molecule has 0 saturated carbocycles. The molecule has 1 aromatic carbocycles. The first-order valence-electron chi connectivity index (χ1n) is 11.9. The molecule has 0 bridgehead atoms. The fraction of sp³-hybridized carbons (Fsp3) is 0.269. The number of carbonyl (C=O) groups is 1. The molecule has 0 atom stereocenters. The van der Waals surface area contributed by atoms with Crippen LogP contribution in [-0.4, -0.2) is 50.2 Å². The molecule has 1 aliphatic heterocycles. The minimum absolute atomic E-state index is 0.0363. The number of rotatable bonds is 6. The van der Waals surface area contributed by atoms with Gasteiger partial charge in [-0.25, -0.2) is 19.9 Å². The van der Waals surface area contributed by atoms with Crippen LogP contribution in [0.1, 0.15) is 16.8 Å². The Hall–Kier alpha value is -4.49. The maximum absolute atomic E-state index is 13.0. The first-order valence-corrected chi connectivity index (χ1v) is 11.9. The van der Waals surface area contributed by atoms with E-state index < -0.39 is 24.6 Å². The van der Waals surface area contributed by atoms with Crippen LogP contribution in [-0.2, 0) is 31.0 Å². The maximum Gasteiger partial charge on any atom is 0.434 e. The summed E-state index contributed by atoms with van der Waals surface area (Å²) in [5.41, 5.74) is 0.986. The number of aryl methyl sites for hydroxylation is 1. The maximum atomic E-state index is 13.0. The van der Waals surface area contributed by atoms with Crippen molar-refractivity contribution in [2.45, 2.75) is 25.3 Å². The van der Waals surface area contributed by atoms with Gasteiger partial charge in [0.2, 0.25) is 5.91 Å². The van der Waals surface area contributed by atoms with E-state index >= 15 is 0 Å². The number of amides is 1. The Morgan fingerprint density at radius 3 is 2.38 bits per heavy atom. The van der Waals surface area contributed by atoms with Crippen molar-refractivity contribution >= 4 is 17.5 Å². The van der Waals surface area contributed by atoms with Gasteiger partial charge in [0, 0.05) is 43.8 Å². The van der Waals surface area contributed by atoms with Gasteiger partial charge in [-0.2, -0.15) is 26.3 Å². The number of carbonyl (C=O) groups excluding carboxylic acids is 1. The molecule has 8 nitrogen and oxygen atoms in total. The van der Waals surface area contributed by atoms with Crippen molar-refractivity contribution in [3.63, 3.8) is 0 Å². The lowest BCUT2D eigenvalue weighted by Crippen LogP contribution is -2.31. The molecule has 0 radical (unpaired) electrons. The molecule has 0 N–H and O–H groups in total. The van der Waals surface area contributed by atoms with Crippen molar-refractivity contribution in [2.75, 3.05) is 23.4 Å². The highest BCUT2D eigenvalue weighted by Crippen LogP contribution is 2.34. The summed E-state index contributed by atoms with van der Waals surface area (Å²) >= 11 is 0. The van der Waals surface area contributed by atoms with E-state index in [-0.39, 0.29) is 41.9 Å². The largest absolute Gasteiger partial charge is 0.434 e. The molecule has 0 unspecified atom stereocenters. The van der Waals surface area contributed by atoms with Gasteiger partial charge >= 0.3 is 12.4 Å². The standard InChI is InChI=1S/C26H21F6N7O/c1-37-13-19(26(30,31)32)35-22(37)16-7-5-15(6-8-16)12-39-20(40)10-17-11-34-21(36-23(17)39)18-4-3-9-33-24(18)38(2)14-25(27,28)29/h3-9,11,13H,10,12,14H2,1-2H3. The molecule has 0 spiro atoms. The van der Waals surface area contributed by atoms with Crippen LogP contribution in [0.25, 0.3) is 22.8 Å². The van der Waals surface area contributed by atoms with Gasteiger partial charge in [-0.1, -0.05) is 24.3 Å². The smallest absolute Gasteiger partial charge is 0.350 e. The summed E-state index contributed by atoms with van der Waals surface area (Å²) in [4.78, 5) is 31.8. The summed E-state index contributed by atoms with van der Waals surface area (Å²) in [7, 11) is 2.73. The van der Waals surface area contributed by atoms with Gasteiger partial charge in [-0.05, 0) is 17.7 Å². The van der Waals surface area contributed by atoms with Crippen molar-refractivity contribution < 1.29 is 31.1 Å². The zero-order chi connectivity index (χ0) is 28.8. The van der Waals surface area contributed by atoms with Crippen LogP contribution < -0.4 is 9.80 Å². The molecule has 40 heavy (non-hydrogen) atoms. The van der Waals surface area contributed by atoms with Gasteiger partial charge < -0.3 is 9.47 Å². The van der Waals surface area contributed by atoms with E-state index in [0.717, 1.165) is 11.1 Å². The number of benzene rings is 1. The lowest BCUT2D eigenvalue weighted by Gasteiger charge is -2.22. The van der Waals surface area contributed by atoms with Crippen LogP contribution in [0, 0.1) is 0 Å². The Bertz CT molecular complexity index is 1560. The highest BCUT2D eigenvalue weighted by atomic mass is 19.4. The zero-order valence-electron chi connectivity index (χ0n) is 21.1. The normalized spacial score (nSPS) is 13.6. The number of anilines is 2. The third-order valence-corrected chi connectivity index (χ3v) is 6.27. The average molecular weight is 561 g/mol. The first-order chi connectivity index (χ1) is 18.8. The van der Waals surface area contributed by atoms with Gasteiger partial charge in [0.15, 0.2) is 11.5 Å². The average Bonchev–Trinajstić information content (AvgIpc) is 3.43. The molecule has 4 aromatic rings. The molecular formula is C26H21F6N7O. The summed E-state index contributed by atoms with van der Waals surface area (Å²) in [5.74, 6) is 0.369. The van der Waals surface area contributed by atoms with Crippen LogP contribution in [0.5, 0.6) is 0 Å². The van der Waals surface area contributed by atoms with Crippen molar-refractivity contribution in [2.24, 2.45) is 7.05 Å². The number of hydrogen-bond acceptors (Lipinski definition) is 6. The Morgan fingerprint density at radius 1 is 1.00 bits per heavy atom. The fourth-order valence-electron chi connectivity index (χ4n) is 4.46. The van der Waals surface area contributed by atoms with Gasteiger partial charge in [0.25, 0.3) is 0 Å². The van der Waals surface area contributed by atoms with Gasteiger partial charge in [0.05, 0.1) is 18.5 Å². The highest BCUT2D eigenvalue weighted by Gasteiger charge is 2.35. The summed E-state index contributed by atoms with van der Waals surface area (Å²) < 4.78 is 79.4. The Labute approximate surface area is 223 Å². The number of fused-ring (bicyclic) bond motifs is 1. The molecule has 1 aliphatic rings. The number of imidazole rings is 1. The SMILES string of the molecule is CN(CC(F)(F)F)c1ncccc1-c1ncc2c(n1)N(Cc1ccc(-c3nc(C(F)(F)F)cn3C)cc1)C(=O)C2. The Morgan fingerprint density at radius 2 is 1.73 bits per heavy atom. The Balaban J connectivity index is 1.41. The first kappa shape index (κ1) is 27.1. The predicted octanol–water partition coefficient (Wildman–Crippen LogP) is 5.05. The zero-order valence-corrected chi connectivity index (χ0v) is 21.1. The second-order valence-corrected chi connectivity index (χ2v) is 9.30. The predicted molar refractivity (Wildman–Crippen MR) is 133 cm³/mol. The monoisotopic (exact) mass is 561 g/mol. The molecule has 0 fully saturated rings. The van der Waals surface area contributed by atoms with Crippen LogP contribution in [0.4, 0.5) is 38.0 Å². The van der Waals surface area contributed by atoms with Crippen LogP contribution >= 0.6 is 0 Å². The van der Waals surface area contributed by atoms with E-state index in [0.29, 0.717) is 22.5 Å². The van der Waals surface area contributed by atoms with E-state index in [2.05, 4.69) is 19.9 Å². The number of halogens is 6. The third-order valence-electron chi connectivity index (χ3n) is 6.27. The molecular weight excluding hydrogens is 540 g/mol. The van der Waals surface area contributed by atoms with Crippen molar-refractivity contribution in [3.8, 4) is 22.8 Å². The van der Waals surface area contributed by atoms with Gasteiger partial charge in [-0.15, -0.1) is 0 Å². The van der Waals surface area contributed by atoms with Crippen LogP contribution in [0.15, 0.2) is 55.0 Å². The lowest BCUT2D eigenvalue weighted by molar-refractivity contribution is -0.141. The molecule has 14 heteroatoms. The number of hydrogen-bond donors (Lipinski definition) is 0. The van der Waals surface area contributed by atoms with Crippen molar-refractivity contribution in [3.05, 3.63) is 71.8 Å². The number of pyridine rings is 1. The summed E-state index contributed by atoms with van der Waals surface area (Å²) in [6.45, 7) is -1.11.